The molecule has 0 amide bonds. The number of hydrogen-bond acceptors (Lipinski definition) is 3. The molecule has 1 heterocycles. The third-order valence-electron chi connectivity index (χ3n) is 3.61. The van der Waals surface area contributed by atoms with Crippen LogP contribution in [0.25, 0.3) is 0 Å². The normalized spacial score (nSPS) is 23.8. The number of benzene rings is 1. The molecule has 1 fully saturated rings. The Bertz CT molecular complexity index is 420. The minimum atomic E-state index is -0.329. The number of aryl methyl sites for hydroxylation is 1. The average Bonchev–Trinajstić information content (AvgIpc) is 2.37. The van der Waals surface area contributed by atoms with E-state index in [9.17, 15) is 10.1 Å². The topological polar surface area (TPSA) is 55.2 Å². The van der Waals surface area contributed by atoms with Gasteiger partial charge in [-0.25, -0.2) is 0 Å². The highest BCUT2D eigenvalue weighted by molar-refractivity contribution is 5.34. The minimum Gasteiger partial charge on any atom is -0.311 e. The van der Waals surface area contributed by atoms with Gasteiger partial charge in [-0.05, 0) is 38.2 Å². The van der Waals surface area contributed by atoms with E-state index in [1.54, 1.807) is 18.2 Å². The molecule has 0 aromatic heterocycles. The van der Waals surface area contributed by atoms with Gasteiger partial charge in [0.1, 0.15) is 0 Å². The number of non-ortho nitro benzene ring substituents is 1. The van der Waals surface area contributed by atoms with Crippen LogP contribution >= 0.6 is 0 Å². The van der Waals surface area contributed by atoms with Crippen LogP contribution in [0.3, 0.4) is 0 Å². The van der Waals surface area contributed by atoms with Crippen molar-refractivity contribution in [2.45, 2.75) is 51.1 Å². The second-order valence-corrected chi connectivity index (χ2v) is 5.16. The Labute approximate surface area is 108 Å². The Kier molecular flexibility index (Phi) is 4.31. The Hall–Kier alpha value is -1.42. The summed E-state index contributed by atoms with van der Waals surface area (Å²) in [6.45, 7) is 2.22. The Morgan fingerprint density at radius 3 is 3.00 bits per heavy atom. The summed E-state index contributed by atoms with van der Waals surface area (Å²) in [6, 6.07) is 8.14. The van der Waals surface area contributed by atoms with Crippen molar-refractivity contribution in [3.05, 3.63) is 39.9 Å². The maximum atomic E-state index is 10.7. The zero-order valence-corrected chi connectivity index (χ0v) is 10.8. The van der Waals surface area contributed by atoms with Gasteiger partial charge in [-0.3, -0.25) is 10.1 Å². The van der Waals surface area contributed by atoms with Gasteiger partial charge in [0.25, 0.3) is 5.69 Å². The highest BCUT2D eigenvalue weighted by Gasteiger charge is 2.17. The van der Waals surface area contributed by atoms with Gasteiger partial charge in [0.05, 0.1) is 4.92 Å². The minimum absolute atomic E-state index is 0.192. The molecule has 1 aromatic carbocycles. The van der Waals surface area contributed by atoms with Crippen LogP contribution in [0.5, 0.6) is 0 Å². The van der Waals surface area contributed by atoms with Crippen molar-refractivity contribution < 1.29 is 4.92 Å². The molecule has 2 atom stereocenters. The second-order valence-electron chi connectivity index (χ2n) is 5.16. The number of piperidine rings is 1. The molecule has 1 aliphatic rings. The summed E-state index contributed by atoms with van der Waals surface area (Å²) in [5.41, 5.74) is 1.25. The van der Waals surface area contributed by atoms with E-state index < -0.39 is 0 Å². The summed E-state index contributed by atoms with van der Waals surface area (Å²) in [5, 5.41) is 14.3. The molecule has 4 nitrogen and oxygen atoms in total. The highest BCUT2D eigenvalue weighted by Crippen LogP contribution is 2.19. The average molecular weight is 248 g/mol. The molecule has 18 heavy (non-hydrogen) atoms. The molecule has 1 N–H and O–H groups in total. The predicted molar refractivity (Wildman–Crippen MR) is 71.7 cm³/mol. The molecule has 2 unspecified atom stereocenters. The summed E-state index contributed by atoms with van der Waals surface area (Å²) < 4.78 is 0. The quantitative estimate of drug-likeness (QED) is 0.658. The van der Waals surface area contributed by atoms with E-state index in [-0.39, 0.29) is 10.6 Å². The number of hydrogen-bond donors (Lipinski definition) is 1. The van der Waals surface area contributed by atoms with E-state index in [0.717, 1.165) is 18.4 Å². The molecule has 0 spiro atoms. The van der Waals surface area contributed by atoms with Crippen LogP contribution in [-0.2, 0) is 6.42 Å². The van der Waals surface area contributed by atoms with Gasteiger partial charge in [0.15, 0.2) is 0 Å². The van der Waals surface area contributed by atoms with Gasteiger partial charge >= 0.3 is 0 Å². The van der Waals surface area contributed by atoms with E-state index in [1.807, 2.05) is 6.07 Å². The fourth-order valence-corrected chi connectivity index (χ4v) is 2.63. The lowest BCUT2D eigenvalue weighted by Gasteiger charge is -2.28. The monoisotopic (exact) mass is 248 g/mol. The second kappa shape index (κ2) is 5.96. The van der Waals surface area contributed by atoms with Gasteiger partial charge in [-0.2, -0.15) is 0 Å². The Balaban J connectivity index is 1.89. The third-order valence-corrected chi connectivity index (χ3v) is 3.61. The first-order valence-corrected chi connectivity index (χ1v) is 6.64. The van der Waals surface area contributed by atoms with Crippen molar-refractivity contribution in [1.82, 2.24) is 5.32 Å². The van der Waals surface area contributed by atoms with E-state index in [0.29, 0.717) is 12.1 Å². The zero-order valence-electron chi connectivity index (χ0n) is 10.8. The molecule has 0 radical (unpaired) electrons. The number of nitrogens with zero attached hydrogens (tertiary/aromatic N) is 1. The van der Waals surface area contributed by atoms with Gasteiger partial charge in [-0.1, -0.05) is 18.6 Å². The Morgan fingerprint density at radius 1 is 1.44 bits per heavy atom. The van der Waals surface area contributed by atoms with Crippen molar-refractivity contribution in [2.24, 2.45) is 0 Å². The molecule has 1 saturated heterocycles. The maximum absolute atomic E-state index is 10.7. The number of nitro benzene ring substituents is 1. The molecular weight excluding hydrogens is 228 g/mol. The zero-order chi connectivity index (χ0) is 13.0. The van der Waals surface area contributed by atoms with Gasteiger partial charge in [0.2, 0.25) is 0 Å². The lowest BCUT2D eigenvalue weighted by atomic mass is 9.95. The smallest absolute Gasteiger partial charge is 0.269 e. The van der Waals surface area contributed by atoms with Crippen LogP contribution in [0.2, 0.25) is 0 Å². The first kappa shape index (κ1) is 13.0. The van der Waals surface area contributed by atoms with Gasteiger partial charge < -0.3 is 5.32 Å². The summed E-state index contributed by atoms with van der Waals surface area (Å²) in [6.07, 6.45) is 5.73. The molecule has 1 aromatic rings. The van der Waals surface area contributed by atoms with Crippen molar-refractivity contribution in [3.63, 3.8) is 0 Å². The molecule has 0 saturated carbocycles. The maximum Gasteiger partial charge on any atom is 0.269 e. The van der Waals surface area contributed by atoms with E-state index in [4.69, 9.17) is 0 Å². The molecular formula is C14H20N2O2. The third kappa shape index (κ3) is 3.53. The van der Waals surface area contributed by atoms with Crippen LogP contribution in [0, 0.1) is 10.1 Å². The first-order chi connectivity index (χ1) is 8.65. The van der Waals surface area contributed by atoms with Crippen LogP contribution in [0.15, 0.2) is 24.3 Å². The standard InChI is InChI=1S/C14H20N2O2/c1-11-4-2-6-13(15-11)9-8-12-5-3-7-14(10-12)16(17)18/h3,5,7,10-11,13,15H,2,4,6,8-9H2,1H3. The lowest BCUT2D eigenvalue weighted by Crippen LogP contribution is -2.40. The van der Waals surface area contributed by atoms with Crippen LogP contribution in [-0.4, -0.2) is 17.0 Å². The van der Waals surface area contributed by atoms with E-state index >= 15 is 0 Å². The molecule has 98 valence electrons. The number of nitrogens with one attached hydrogen (secondary N) is 1. The van der Waals surface area contributed by atoms with Crippen LogP contribution < -0.4 is 5.32 Å². The summed E-state index contributed by atoms with van der Waals surface area (Å²) in [7, 11) is 0. The van der Waals surface area contributed by atoms with Crippen LogP contribution in [0.1, 0.15) is 38.2 Å². The van der Waals surface area contributed by atoms with Crippen molar-refractivity contribution in [2.75, 3.05) is 0 Å². The van der Waals surface area contributed by atoms with Gasteiger partial charge in [0, 0.05) is 24.2 Å². The summed E-state index contributed by atoms with van der Waals surface area (Å²) in [5.74, 6) is 0. The number of rotatable bonds is 4. The molecule has 2 rings (SSSR count). The predicted octanol–water partition coefficient (Wildman–Crippen LogP) is 3.06. The van der Waals surface area contributed by atoms with Crippen molar-refractivity contribution >= 4 is 5.69 Å². The molecule has 0 bridgehead atoms. The SMILES string of the molecule is CC1CCCC(CCc2cccc([N+](=O)[O-])c2)N1. The van der Waals surface area contributed by atoms with Crippen LogP contribution in [0.4, 0.5) is 5.69 Å². The van der Waals surface area contributed by atoms with E-state index in [2.05, 4.69) is 12.2 Å². The molecule has 0 aliphatic carbocycles. The Morgan fingerprint density at radius 2 is 2.28 bits per heavy atom. The molecule has 4 heteroatoms. The fourth-order valence-electron chi connectivity index (χ4n) is 2.63. The van der Waals surface area contributed by atoms with E-state index in [1.165, 1.54) is 19.3 Å². The first-order valence-electron chi connectivity index (χ1n) is 6.64. The van der Waals surface area contributed by atoms with Gasteiger partial charge in [-0.15, -0.1) is 0 Å². The number of nitro groups is 1. The lowest BCUT2D eigenvalue weighted by molar-refractivity contribution is -0.384. The highest BCUT2D eigenvalue weighted by atomic mass is 16.6. The molecule has 1 aliphatic heterocycles. The summed E-state index contributed by atoms with van der Waals surface area (Å²) >= 11 is 0. The largest absolute Gasteiger partial charge is 0.311 e. The van der Waals surface area contributed by atoms with Crippen molar-refractivity contribution in [1.29, 1.82) is 0 Å². The summed E-state index contributed by atoms with van der Waals surface area (Å²) in [4.78, 5) is 10.4. The fraction of sp³-hybridized carbons (Fsp3) is 0.571. The van der Waals surface area contributed by atoms with Crippen molar-refractivity contribution in [3.8, 4) is 0 Å².